The van der Waals surface area contributed by atoms with Gasteiger partial charge < -0.3 is 9.47 Å². The van der Waals surface area contributed by atoms with Crippen molar-refractivity contribution >= 4 is 27.7 Å². The number of ketones is 1. The van der Waals surface area contributed by atoms with Gasteiger partial charge in [0.15, 0.2) is 5.78 Å². The molecule has 1 unspecified atom stereocenters. The number of rotatable bonds is 6. The molecule has 0 heterocycles. The van der Waals surface area contributed by atoms with Crippen LogP contribution in [0.5, 0.6) is 5.75 Å². The molecule has 1 saturated carbocycles. The first kappa shape index (κ1) is 14.1. The van der Waals surface area contributed by atoms with E-state index in [1.165, 1.54) is 0 Å². The molecule has 0 N–H and O–H groups in total. The van der Waals surface area contributed by atoms with Gasteiger partial charge in [0.2, 0.25) is 0 Å². The molecule has 0 saturated heterocycles. The lowest BCUT2D eigenvalue weighted by atomic mass is 10.1. The van der Waals surface area contributed by atoms with E-state index < -0.39 is 12.1 Å². The molecule has 1 aromatic carbocycles. The third-order valence-electron chi connectivity index (χ3n) is 2.81. The number of hydrogen-bond acceptors (Lipinski definition) is 4. The lowest BCUT2D eigenvalue weighted by Gasteiger charge is -2.16. The Morgan fingerprint density at radius 2 is 1.95 bits per heavy atom. The molecule has 1 fully saturated rings. The van der Waals surface area contributed by atoms with Gasteiger partial charge in [-0.15, -0.1) is 0 Å². The van der Waals surface area contributed by atoms with Gasteiger partial charge in [0.1, 0.15) is 5.75 Å². The number of carbonyl (C=O) groups excluding carboxylic acids is 2. The van der Waals surface area contributed by atoms with Crippen LogP contribution in [-0.2, 0) is 14.3 Å². The minimum atomic E-state index is -1.14. The first-order chi connectivity index (χ1) is 9.11. The molecule has 1 atom stereocenters. The van der Waals surface area contributed by atoms with Crippen LogP contribution < -0.4 is 4.74 Å². The minimum Gasteiger partial charge on any atom is -0.471 e. The highest BCUT2D eigenvalue weighted by Crippen LogP contribution is 2.32. The van der Waals surface area contributed by atoms with Crippen molar-refractivity contribution in [1.29, 1.82) is 0 Å². The van der Waals surface area contributed by atoms with Gasteiger partial charge in [-0.25, -0.2) is 4.79 Å². The zero-order valence-electron chi connectivity index (χ0n) is 10.6. The van der Waals surface area contributed by atoms with Crippen molar-refractivity contribution in [1.82, 2.24) is 0 Å². The maximum atomic E-state index is 12.1. The van der Waals surface area contributed by atoms with Crippen molar-refractivity contribution < 1.29 is 19.1 Å². The lowest BCUT2D eigenvalue weighted by Crippen LogP contribution is -2.38. The Labute approximate surface area is 120 Å². The molecule has 0 spiro atoms. The van der Waals surface area contributed by atoms with Gasteiger partial charge in [-0.1, -0.05) is 15.9 Å². The van der Waals surface area contributed by atoms with Crippen LogP contribution in [0, 0.1) is 5.92 Å². The van der Waals surface area contributed by atoms with E-state index in [0.29, 0.717) is 5.75 Å². The van der Waals surface area contributed by atoms with Gasteiger partial charge in [-0.05, 0) is 44.0 Å². The fourth-order valence-electron chi connectivity index (χ4n) is 1.67. The number of hydrogen-bond donors (Lipinski definition) is 0. The third-order valence-corrected chi connectivity index (χ3v) is 3.34. The van der Waals surface area contributed by atoms with Crippen LogP contribution in [0.4, 0.5) is 0 Å². The van der Waals surface area contributed by atoms with E-state index in [0.717, 1.165) is 17.3 Å². The van der Waals surface area contributed by atoms with Crippen LogP contribution in [0.2, 0.25) is 0 Å². The average molecular weight is 327 g/mol. The predicted octanol–water partition coefficient (Wildman–Crippen LogP) is 2.74. The Balaban J connectivity index is 2.10. The summed E-state index contributed by atoms with van der Waals surface area (Å²) in [6.07, 6.45) is 0.519. The van der Waals surface area contributed by atoms with Crippen molar-refractivity contribution in [2.75, 3.05) is 6.61 Å². The van der Waals surface area contributed by atoms with Crippen LogP contribution in [0.15, 0.2) is 28.7 Å². The topological polar surface area (TPSA) is 52.6 Å². The Hall–Kier alpha value is -1.36. The normalized spacial score (nSPS) is 15.7. The second-order valence-electron chi connectivity index (χ2n) is 4.38. The number of carbonyl (C=O) groups is 2. The Kier molecular flexibility index (Phi) is 4.58. The van der Waals surface area contributed by atoms with Crippen molar-refractivity contribution in [3.05, 3.63) is 28.7 Å². The van der Waals surface area contributed by atoms with Gasteiger partial charge in [-0.2, -0.15) is 0 Å². The molecule has 0 bridgehead atoms. The Morgan fingerprint density at radius 3 is 2.47 bits per heavy atom. The number of halogens is 1. The second kappa shape index (κ2) is 6.19. The quantitative estimate of drug-likeness (QED) is 0.595. The van der Waals surface area contributed by atoms with Gasteiger partial charge in [-0.3, -0.25) is 4.79 Å². The van der Waals surface area contributed by atoms with Crippen LogP contribution in [-0.4, -0.2) is 24.5 Å². The van der Waals surface area contributed by atoms with Crippen LogP contribution in [0.25, 0.3) is 0 Å². The fourth-order valence-corrected chi connectivity index (χ4v) is 1.94. The number of esters is 1. The zero-order valence-corrected chi connectivity index (χ0v) is 12.2. The first-order valence-corrected chi connectivity index (χ1v) is 7.03. The largest absolute Gasteiger partial charge is 0.471 e. The molecule has 19 heavy (non-hydrogen) atoms. The summed E-state index contributed by atoms with van der Waals surface area (Å²) in [6.45, 7) is 1.94. The van der Waals surface area contributed by atoms with Crippen molar-refractivity contribution in [2.24, 2.45) is 5.92 Å². The summed E-state index contributed by atoms with van der Waals surface area (Å²) in [6, 6.07) is 6.99. The zero-order chi connectivity index (χ0) is 13.8. The van der Waals surface area contributed by atoms with E-state index in [2.05, 4.69) is 15.9 Å². The molecule has 0 aromatic heterocycles. The maximum Gasteiger partial charge on any atom is 0.355 e. The summed E-state index contributed by atoms with van der Waals surface area (Å²) in [5, 5.41) is 0. The highest BCUT2D eigenvalue weighted by Gasteiger charge is 2.40. The summed E-state index contributed by atoms with van der Waals surface area (Å²) in [5.41, 5.74) is 0. The van der Waals surface area contributed by atoms with E-state index in [4.69, 9.17) is 9.47 Å². The molecule has 4 nitrogen and oxygen atoms in total. The third kappa shape index (κ3) is 3.80. The van der Waals surface area contributed by atoms with Gasteiger partial charge in [0, 0.05) is 10.4 Å². The molecular formula is C14H15BrO4. The van der Waals surface area contributed by atoms with Gasteiger partial charge in [0.25, 0.3) is 6.10 Å². The van der Waals surface area contributed by atoms with Crippen molar-refractivity contribution in [3.63, 3.8) is 0 Å². The molecule has 1 aliphatic carbocycles. The highest BCUT2D eigenvalue weighted by molar-refractivity contribution is 9.10. The fraction of sp³-hybridized carbons (Fsp3) is 0.429. The van der Waals surface area contributed by atoms with Crippen molar-refractivity contribution in [2.45, 2.75) is 25.9 Å². The monoisotopic (exact) mass is 326 g/mol. The smallest absolute Gasteiger partial charge is 0.355 e. The summed E-state index contributed by atoms with van der Waals surface area (Å²) in [7, 11) is 0. The summed E-state index contributed by atoms with van der Waals surface area (Å²) >= 11 is 3.31. The Morgan fingerprint density at radius 1 is 1.32 bits per heavy atom. The highest BCUT2D eigenvalue weighted by atomic mass is 79.9. The summed E-state index contributed by atoms with van der Waals surface area (Å²) in [4.78, 5) is 23.9. The molecule has 0 radical (unpaired) electrons. The number of Topliss-reactive ketones (excluding diaryl/α,β-unsaturated/α-hetero) is 1. The van der Waals surface area contributed by atoms with Crippen molar-refractivity contribution in [3.8, 4) is 5.75 Å². The predicted molar refractivity (Wildman–Crippen MR) is 72.9 cm³/mol. The molecule has 5 heteroatoms. The maximum absolute atomic E-state index is 12.1. The van der Waals surface area contributed by atoms with Crippen LogP contribution in [0.1, 0.15) is 19.8 Å². The van der Waals surface area contributed by atoms with Crippen LogP contribution in [0.3, 0.4) is 0 Å². The van der Waals surface area contributed by atoms with E-state index >= 15 is 0 Å². The van der Waals surface area contributed by atoms with Gasteiger partial charge >= 0.3 is 5.97 Å². The molecule has 1 aromatic rings. The first-order valence-electron chi connectivity index (χ1n) is 6.24. The molecule has 2 rings (SSSR count). The van der Waals surface area contributed by atoms with Crippen LogP contribution >= 0.6 is 15.9 Å². The van der Waals surface area contributed by atoms with E-state index in [1.54, 1.807) is 31.2 Å². The standard InChI is InChI=1S/C14H15BrO4/c1-2-18-14(17)13(12(16)9-3-4-9)19-11-7-5-10(15)6-8-11/h5-9,13H,2-4H2,1H3. The minimum absolute atomic E-state index is 0.0511. The molecule has 102 valence electrons. The summed E-state index contributed by atoms with van der Waals surface area (Å²) in [5.74, 6) is -0.358. The lowest BCUT2D eigenvalue weighted by molar-refractivity contribution is -0.155. The average Bonchev–Trinajstić information content (AvgIpc) is 3.22. The van der Waals surface area contributed by atoms with E-state index in [1.807, 2.05) is 0 Å². The number of benzene rings is 1. The SMILES string of the molecule is CCOC(=O)C(Oc1ccc(Br)cc1)C(=O)C1CC1. The number of ether oxygens (including phenoxy) is 2. The molecule has 0 aliphatic heterocycles. The molecular weight excluding hydrogens is 312 g/mol. The Bertz CT molecular complexity index is 465. The molecule has 1 aliphatic rings. The molecule has 0 amide bonds. The second-order valence-corrected chi connectivity index (χ2v) is 5.30. The van der Waals surface area contributed by atoms with E-state index in [9.17, 15) is 9.59 Å². The van der Waals surface area contributed by atoms with Gasteiger partial charge in [0.05, 0.1) is 6.61 Å². The van der Waals surface area contributed by atoms with E-state index in [-0.39, 0.29) is 18.3 Å². The summed E-state index contributed by atoms with van der Waals surface area (Å²) < 4.78 is 11.3.